The Bertz CT molecular complexity index is 1190. The second kappa shape index (κ2) is 60.2. The van der Waals surface area contributed by atoms with Gasteiger partial charge in [-0.05, 0) is 57.8 Å². The van der Waals surface area contributed by atoms with E-state index >= 15 is 0 Å². The van der Waals surface area contributed by atoms with Crippen molar-refractivity contribution in [3.63, 3.8) is 0 Å². The van der Waals surface area contributed by atoms with Gasteiger partial charge in [-0.25, -0.2) is 0 Å². The summed E-state index contributed by atoms with van der Waals surface area (Å²) in [5, 5.41) is 0. The molecule has 0 saturated carbocycles. The fourth-order valence-corrected chi connectivity index (χ4v) is 9.39. The van der Waals surface area contributed by atoms with Crippen LogP contribution in [0.1, 0.15) is 342 Å². The lowest BCUT2D eigenvalue weighted by atomic mass is 10.0. The lowest BCUT2D eigenvalue weighted by molar-refractivity contribution is -0.167. The molecule has 0 heterocycles. The van der Waals surface area contributed by atoms with Gasteiger partial charge < -0.3 is 14.2 Å². The molecule has 71 heavy (non-hydrogen) atoms. The minimum atomic E-state index is -0.771. The number of allylic oxidation sites excluding steroid dienone is 6. The zero-order chi connectivity index (χ0) is 51.4. The van der Waals surface area contributed by atoms with Crippen LogP contribution in [-0.4, -0.2) is 37.2 Å². The molecule has 6 nitrogen and oxygen atoms in total. The van der Waals surface area contributed by atoms with Crippen LogP contribution in [0.2, 0.25) is 0 Å². The van der Waals surface area contributed by atoms with Crippen LogP contribution in [0.3, 0.4) is 0 Å². The van der Waals surface area contributed by atoms with Gasteiger partial charge >= 0.3 is 17.9 Å². The first-order chi connectivity index (χ1) is 35.0. The Labute approximate surface area is 442 Å². The fraction of sp³-hybridized carbons (Fsp3) is 0.862. The zero-order valence-corrected chi connectivity index (χ0v) is 47.8. The molecule has 0 aliphatic heterocycles. The van der Waals surface area contributed by atoms with E-state index in [0.717, 1.165) is 77.0 Å². The molecule has 0 aliphatic rings. The number of rotatable bonds is 58. The number of hydrogen-bond acceptors (Lipinski definition) is 6. The van der Waals surface area contributed by atoms with E-state index in [2.05, 4.69) is 57.2 Å². The minimum absolute atomic E-state index is 0.0689. The van der Waals surface area contributed by atoms with Gasteiger partial charge in [-0.3, -0.25) is 14.4 Å². The maximum atomic E-state index is 12.9. The number of ether oxygens (including phenoxy) is 3. The lowest BCUT2D eigenvalue weighted by Crippen LogP contribution is -2.30. The second-order valence-electron chi connectivity index (χ2n) is 21.3. The standard InChI is InChI=1S/C65H120O6/c1-4-7-10-13-16-19-22-25-28-29-30-31-32-33-34-35-38-40-43-46-49-52-55-58-64(67)70-61-62(71-65(68)59-56-53-50-47-44-41-37-27-24-21-18-15-12-9-6-3)60-69-63(66)57-54-51-48-45-42-39-36-26-23-20-17-14-11-8-5-2/h22,25,29-30,32-33,62H,4-21,23-24,26-28,31,34-61H2,1-3H3/b25-22-,30-29-,33-32-. The van der Waals surface area contributed by atoms with E-state index in [1.54, 1.807) is 0 Å². The largest absolute Gasteiger partial charge is 0.462 e. The van der Waals surface area contributed by atoms with Gasteiger partial charge in [-0.15, -0.1) is 0 Å². The minimum Gasteiger partial charge on any atom is -0.462 e. The van der Waals surface area contributed by atoms with E-state index in [1.807, 2.05) is 0 Å². The predicted octanol–water partition coefficient (Wildman–Crippen LogP) is 21.2. The maximum absolute atomic E-state index is 12.9. The van der Waals surface area contributed by atoms with Crippen molar-refractivity contribution in [3.05, 3.63) is 36.5 Å². The highest BCUT2D eigenvalue weighted by Gasteiger charge is 2.19. The summed E-state index contributed by atoms with van der Waals surface area (Å²) in [5.74, 6) is -0.852. The van der Waals surface area contributed by atoms with Crippen molar-refractivity contribution in [2.24, 2.45) is 0 Å². The number of carbonyl (C=O) groups is 3. The van der Waals surface area contributed by atoms with E-state index in [0.29, 0.717) is 19.3 Å². The molecule has 0 aromatic carbocycles. The summed E-state index contributed by atoms with van der Waals surface area (Å²) in [5.41, 5.74) is 0. The van der Waals surface area contributed by atoms with Crippen molar-refractivity contribution in [2.45, 2.75) is 348 Å². The van der Waals surface area contributed by atoms with Gasteiger partial charge in [0, 0.05) is 19.3 Å². The first-order valence-electron chi connectivity index (χ1n) is 31.5. The molecule has 416 valence electrons. The van der Waals surface area contributed by atoms with Crippen molar-refractivity contribution in [1.29, 1.82) is 0 Å². The predicted molar refractivity (Wildman–Crippen MR) is 307 cm³/mol. The number of esters is 3. The van der Waals surface area contributed by atoms with Crippen molar-refractivity contribution in [3.8, 4) is 0 Å². The molecular formula is C65H120O6. The Morgan fingerprint density at radius 1 is 0.282 bits per heavy atom. The molecule has 0 aromatic rings. The first-order valence-corrected chi connectivity index (χ1v) is 31.5. The summed E-state index contributed by atoms with van der Waals surface area (Å²) in [6.07, 6.45) is 72.8. The van der Waals surface area contributed by atoms with Gasteiger partial charge in [0.25, 0.3) is 0 Å². The van der Waals surface area contributed by atoms with Gasteiger partial charge in [0.1, 0.15) is 13.2 Å². The van der Waals surface area contributed by atoms with E-state index in [9.17, 15) is 14.4 Å². The average molecular weight is 998 g/mol. The molecule has 0 spiro atoms. The molecule has 0 aliphatic carbocycles. The van der Waals surface area contributed by atoms with E-state index in [-0.39, 0.29) is 31.1 Å². The highest BCUT2D eigenvalue weighted by atomic mass is 16.6. The van der Waals surface area contributed by atoms with E-state index < -0.39 is 6.10 Å². The molecular weight excluding hydrogens is 877 g/mol. The van der Waals surface area contributed by atoms with Gasteiger partial charge in [0.05, 0.1) is 0 Å². The van der Waals surface area contributed by atoms with E-state index in [4.69, 9.17) is 14.2 Å². The van der Waals surface area contributed by atoms with Gasteiger partial charge in [-0.2, -0.15) is 0 Å². The molecule has 0 N–H and O–H groups in total. The summed E-state index contributed by atoms with van der Waals surface area (Å²) in [6.45, 7) is 6.68. The van der Waals surface area contributed by atoms with Crippen LogP contribution in [0.25, 0.3) is 0 Å². The summed E-state index contributed by atoms with van der Waals surface area (Å²) in [7, 11) is 0. The number of carbonyl (C=O) groups excluding carboxylic acids is 3. The van der Waals surface area contributed by atoms with E-state index in [1.165, 1.54) is 225 Å². The van der Waals surface area contributed by atoms with Crippen molar-refractivity contribution in [2.75, 3.05) is 13.2 Å². The van der Waals surface area contributed by atoms with Gasteiger partial charge in [0.2, 0.25) is 0 Å². The van der Waals surface area contributed by atoms with Crippen LogP contribution < -0.4 is 0 Å². The molecule has 6 heteroatoms. The summed E-state index contributed by atoms with van der Waals surface area (Å²) in [6, 6.07) is 0. The zero-order valence-electron chi connectivity index (χ0n) is 47.8. The smallest absolute Gasteiger partial charge is 0.306 e. The molecule has 0 aromatic heterocycles. The lowest BCUT2D eigenvalue weighted by Gasteiger charge is -2.18. The fourth-order valence-electron chi connectivity index (χ4n) is 9.39. The number of hydrogen-bond donors (Lipinski definition) is 0. The van der Waals surface area contributed by atoms with Crippen molar-refractivity contribution in [1.82, 2.24) is 0 Å². The monoisotopic (exact) mass is 997 g/mol. The second-order valence-corrected chi connectivity index (χ2v) is 21.3. The SMILES string of the molecule is CCCCCCC/C=C\C/C=C\C/C=C\CCCCCCCCCCC(=O)OCC(COC(=O)CCCCCCCCCCCCCCCCC)OC(=O)CCCCCCCCCCCCCCCCC. The van der Waals surface area contributed by atoms with Gasteiger partial charge in [0.15, 0.2) is 6.10 Å². The number of unbranched alkanes of at least 4 members (excludes halogenated alkanes) is 41. The summed E-state index contributed by atoms with van der Waals surface area (Å²) >= 11 is 0. The van der Waals surface area contributed by atoms with Crippen LogP contribution in [0.5, 0.6) is 0 Å². The van der Waals surface area contributed by atoms with Crippen LogP contribution in [-0.2, 0) is 28.6 Å². The Morgan fingerprint density at radius 3 is 0.789 bits per heavy atom. The third-order valence-corrected chi connectivity index (χ3v) is 14.1. The molecule has 1 unspecified atom stereocenters. The molecule has 1 atom stereocenters. The topological polar surface area (TPSA) is 78.9 Å². The normalized spacial score (nSPS) is 12.2. The quantitative estimate of drug-likeness (QED) is 0.0261. The molecule has 0 amide bonds. The molecule has 0 radical (unpaired) electrons. The third-order valence-electron chi connectivity index (χ3n) is 14.1. The van der Waals surface area contributed by atoms with Crippen LogP contribution in [0.4, 0.5) is 0 Å². The molecule has 0 rings (SSSR count). The van der Waals surface area contributed by atoms with Crippen LogP contribution in [0, 0.1) is 0 Å². The summed E-state index contributed by atoms with van der Waals surface area (Å²) < 4.78 is 16.9. The van der Waals surface area contributed by atoms with Crippen LogP contribution in [0.15, 0.2) is 36.5 Å². The van der Waals surface area contributed by atoms with Crippen molar-refractivity contribution < 1.29 is 28.6 Å². The highest BCUT2D eigenvalue weighted by molar-refractivity contribution is 5.71. The third kappa shape index (κ3) is 58.4. The van der Waals surface area contributed by atoms with Crippen LogP contribution >= 0.6 is 0 Å². The molecule has 0 saturated heterocycles. The average Bonchev–Trinajstić information content (AvgIpc) is 3.37. The first kappa shape index (κ1) is 68.6. The highest BCUT2D eigenvalue weighted by Crippen LogP contribution is 2.17. The Hall–Kier alpha value is -2.37. The maximum Gasteiger partial charge on any atom is 0.306 e. The summed E-state index contributed by atoms with van der Waals surface area (Å²) in [4.78, 5) is 38.3. The Balaban J connectivity index is 4.30. The molecule has 0 bridgehead atoms. The Kier molecular flexibility index (Phi) is 58.2. The van der Waals surface area contributed by atoms with Crippen molar-refractivity contribution >= 4 is 17.9 Å². The van der Waals surface area contributed by atoms with Gasteiger partial charge in [-0.1, -0.05) is 301 Å². The molecule has 0 fully saturated rings. The Morgan fingerprint density at radius 2 is 0.507 bits per heavy atom.